The summed E-state index contributed by atoms with van der Waals surface area (Å²) in [6.07, 6.45) is 4.65. The van der Waals surface area contributed by atoms with Crippen LogP contribution in [0.3, 0.4) is 0 Å². The normalized spacial score (nSPS) is 23.6. The molecule has 112 valence electrons. The van der Waals surface area contributed by atoms with E-state index in [1.807, 2.05) is 12.2 Å². The summed E-state index contributed by atoms with van der Waals surface area (Å²) in [5.41, 5.74) is 1.12. The second kappa shape index (κ2) is 4.81. The van der Waals surface area contributed by atoms with E-state index in [0.29, 0.717) is 13.2 Å². The van der Waals surface area contributed by atoms with E-state index >= 15 is 0 Å². The van der Waals surface area contributed by atoms with Crippen LogP contribution in [0.25, 0.3) is 0 Å². The van der Waals surface area contributed by atoms with Gasteiger partial charge in [0, 0.05) is 11.1 Å². The number of hydrogen-bond donors (Lipinski definition) is 0. The van der Waals surface area contributed by atoms with Crippen molar-refractivity contribution in [3.63, 3.8) is 0 Å². The van der Waals surface area contributed by atoms with Gasteiger partial charge in [0.1, 0.15) is 0 Å². The third-order valence-corrected chi connectivity index (χ3v) is 3.74. The van der Waals surface area contributed by atoms with Crippen molar-refractivity contribution in [1.82, 2.24) is 0 Å². The van der Waals surface area contributed by atoms with E-state index in [-0.39, 0.29) is 16.6 Å². The molecule has 1 saturated heterocycles. The van der Waals surface area contributed by atoms with Crippen LogP contribution in [0.15, 0.2) is 23.3 Å². The average molecular weight is 278 g/mol. The topological polar surface area (TPSA) is 35.5 Å². The molecule has 0 aromatic carbocycles. The molecule has 1 aliphatic heterocycles. The van der Waals surface area contributed by atoms with Gasteiger partial charge < -0.3 is 9.47 Å². The van der Waals surface area contributed by atoms with E-state index in [4.69, 9.17) is 9.47 Å². The number of ether oxygens (including phenoxy) is 2. The summed E-state index contributed by atoms with van der Waals surface area (Å²) < 4.78 is 11.8. The highest BCUT2D eigenvalue weighted by atomic mass is 16.7. The van der Waals surface area contributed by atoms with Crippen LogP contribution in [0.5, 0.6) is 0 Å². The van der Waals surface area contributed by atoms with Crippen molar-refractivity contribution in [2.75, 3.05) is 13.2 Å². The Labute approximate surface area is 122 Å². The van der Waals surface area contributed by atoms with Gasteiger partial charge in [-0.3, -0.25) is 4.79 Å². The minimum atomic E-state index is -0.850. The fourth-order valence-electron chi connectivity index (χ4n) is 2.57. The molecule has 0 aromatic heterocycles. The summed E-state index contributed by atoms with van der Waals surface area (Å²) in [5, 5.41) is 0. The molecule has 0 amide bonds. The molecule has 0 unspecified atom stereocenters. The number of carbonyl (C=O) groups is 1. The highest BCUT2D eigenvalue weighted by Crippen LogP contribution is 2.42. The zero-order valence-corrected chi connectivity index (χ0v) is 13.5. The third kappa shape index (κ3) is 2.89. The van der Waals surface area contributed by atoms with E-state index < -0.39 is 5.79 Å². The van der Waals surface area contributed by atoms with Crippen molar-refractivity contribution < 1.29 is 14.3 Å². The first-order valence-corrected chi connectivity index (χ1v) is 7.34. The second-order valence-corrected chi connectivity index (χ2v) is 7.72. The van der Waals surface area contributed by atoms with Crippen LogP contribution in [-0.2, 0) is 14.3 Å². The SMILES string of the molecule is CC(C)(C)C1=CC2(C=C(C(C)(C)C)C1=O)OCCCO2. The Morgan fingerprint density at radius 3 is 1.65 bits per heavy atom. The summed E-state index contributed by atoms with van der Waals surface area (Å²) in [5.74, 6) is -0.731. The summed E-state index contributed by atoms with van der Waals surface area (Å²) in [7, 11) is 0. The number of hydrogen-bond acceptors (Lipinski definition) is 3. The van der Waals surface area contributed by atoms with Gasteiger partial charge in [0.15, 0.2) is 5.78 Å². The first-order valence-electron chi connectivity index (χ1n) is 7.34. The monoisotopic (exact) mass is 278 g/mol. The van der Waals surface area contributed by atoms with Crippen molar-refractivity contribution >= 4 is 5.78 Å². The Hall–Kier alpha value is -0.930. The van der Waals surface area contributed by atoms with Gasteiger partial charge in [0.25, 0.3) is 0 Å². The molecule has 2 aliphatic rings. The Kier molecular flexibility index (Phi) is 3.72. The smallest absolute Gasteiger partial charge is 0.209 e. The van der Waals surface area contributed by atoms with E-state index in [9.17, 15) is 4.79 Å². The maximum Gasteiger partial charge on any atom is 0.209 e. The lowest BCUT2D eigenvalue weighted by molar-refractivity contribution is -0.207. The molecule has 0 N–H and O–H groups in total. The lowest BCUT2D eigenvalue weighted by Gasteiger charge is -2.40. The number of allylic oxidation sites excluding steroid dienone is 2. The molecular weight excluding hydrogens is 252 g/mol. The molecule has 1 aliphatic carbocycles. The molecule has 2 rings (SSSR count). The van der Waals surface area contributed by atoms with E-state index in [1.54, 1.807) is 0 Å². The second-order valence-electron chi connectivity index (χ2n) is 7.72. The molecule has 0 radical (unpaired) electrons. The quantitative estimate of drug-likeness (QED) is 0.678. The molecule has 3 heteroatoms. The first-order chi connectivity index (χ1) is 9.05. The molecule has 0 bridgehead atoms. The predicted octanol–water partition coefficient (Wildman–Crippen LogP) is 3.65. The van der Waals surface area contributed by atoms with Crippen molar-refractivity contribution in [2.45, 2.75) is 53.8 Å². The fourth-order valence-corrected chi connectivity index (χ4v) is 2.57. The van der Waals surface area contributed by atoms with E-state index in [1.165, 1.54) is 0 Å². The van der Waals surface area contributed by atoms with Gasteiger partial charge in [-0.15, -0.1) is 0 Å². The van der Waals surface area contributed by atoms with Crippen molar-refractivity contribution in [2.24, 2.45) is 10.8 Å². The number of Topliss-reactive ketones (excluding diaryl/α,β-unsaturated/α-hetero) is 1. The van der Waals surface area contributed by atoms with E-state index in [0.717, 1.165) is 17.6 Å². The molecule has 20 heavy (non-hydrogen) atoms. The van der Waals surface area contributed by atoms with Crippen LogP contribution >= 0.6 is 0 Å². The Morgan fingerprint density at radius 2 is 1.30 bits per heavy atom. The number of ketones is 1. The summed E-state index contributed by atoms with van der Waals surface area (Å²) >= 11 is 0. The average Bonchev–Trinajstić information content (AvgIpc) is 2.30. The molecule has 0 atom stereocenters. The van der Waals surface area contributed by atoms with Crippen molar-refractivity contribution in [3.8, 4) is 0 Å². The Balaban J connectivity index is 2.53. The Bertz CT molecular complexity index is 427. The van der Waals surface area contributed by atoms with Gasteiger partial charge in [-0.2, -0.15) is 0 Å². The van der Waals surface area contributed by atoms with Crippen LogP contribution < -0.4 is 0 Å². The van der Waals surface area contributed by atoms with Gasteiger partial charge in [0.2, 0.25) is 5.79 Å². The third-order valence-electron chi connectivity index (χ3n) is 3.74. The standard InChI is InChI=1S/C17H26O3/c1-15(2,3)12-10-17(19-8-7-9-20-17)11-13(14(12)18)16(4,5)6/h10-11H,7-9H2,1-6H3. The molecule has 0 aromatic rings. The summed E-state index contributed by atoms with van der Waals surface area (Å²) in [6.45, 7) is 13.7. The molecule has 0 saturated carbocycles. The minimum Gasteiger partial charge on any atom is -0.343 e. The highest BCUT2D eigenvalue weighted by Gasteiger charge is 2.43. The maximum atomic E-state index is 12.8. The van der Waals surface area contributed by atoms with Gasteiger partial charge in [-0.25, -0.2) is 0 Å². The van der Waals surface area contributed by atoms with Crippen molar-refractivity contribution in [1.29, 1.82) is 0 Å². The zero-order chi connectivity index (χ0) is 15.2. The highest BCUT2D eigenvalue weighted by molar-refractivity contribution is 6.11. The van der Waals surface area contributed by atoms with Gasteiger partial charge in [0.05, 0.1) is 13.2 Å². The van der Waals surface area contributed by atoms with Crippen LogP contribution in [0.4, 0.5) is 0 Å². The van der Waals surface area contributed by atoms with E-state index in [2.05, 4.69) is 41.5 Å². The lowest BCUT2D eigenvalue weighted by Crippen LogP contribution is -2.43. The Morgan fingerprint density at radius 1 is 0.900 bits per heavy atom. The lowest BCUT2D eigenvalue weighted by atomic mass is 9.71. The molecule has 1 fully saturated rings. The van der Waals surface area contributed by atoms with Gasteiger partial charge in [-0.05, 0) is 29.4 Å². The maximum absolute atomic E-state index is 12.8. The minimum absolute atomic E-state index is 0.119. The number of rotatable bonds is 0. The van der Waals surface area contributed by atoms with Crippen LogP contribution in [-0.4, -0.2) is 24.8 Å². The molecule has 3 nitrogen and oxygen atoms in total. The van der Waals surface area contributed by atoms with Crippen molar-refractivity contribution in [3.05, 3.63) is 23.3 Å². The largest absolute Gasteiger partial charge is 0.343 e. The van der Waals surface area contributed by atoms with Gasteiger partial charge in [-0.1, -0.05) is 41.5 Å². The van der Waals surface area contributed by atoms with Crippen LogP contribution in [0, 0.1) is 10.8 Å². The molecule has 1 spiro atoms. The molecule has 1 heterocycles. The fraction of sp³-hybridized carbons (Fsp3) is 0.706. The molecular formula is C17H26O3. The van der Waals surface area contributed by atoms with Crippen LogP contribution in [0.2, 0.25) is 0 Å². The van der Waals surface area contributed by atoms with Gasteiger partial charge >= 0.3 is 0 Å². The summed E-state index contributed by atoms with van der Waals surface area (Å²) in [6, 6.07) is 0. The predicted molar refractivity (Wildman–Crippen MR) is 79.3 cm³/mol. The summed E-state index contributed by atoms with van der Waals surface area (Å²) in [4.78, 5) is 12.8. The zero-order valence-electron chi connectivity index (χ0n) is 13.5. The first kappa shape index (κ1) is 15.5. The van der Waals surface area contributed by atoms with Crippen LogP contribution in [0.1, 0.15) is 48.0 Å². The number of carbonyl (C=O) groups excluding carboxylic acids is 1.